The Morgan fingerprint density at radius 1 is 1.20 bits per heavy atom. The monoisotopic (exact) mass is 347 g/mol. The van der Waals surface area contributed by atoms with Gasteiger partial charge in [0.1, 0.15) is 0 Å². The van der Waals surface area contributed by atoms with E-state index in [4.69, 9.17) is 0 Å². The molecule has 2 unspecified atom stereocenters. The number of carbonyl (C=O) groups excluding carboxylic acids is 1. The summed E-state index contributed by atoms with van der Waals surface area (Å²) in [5, 5.41) is 15.4. The quantitative estimate of drug-likeness (QED) is 0.677. The van der Waals surface area contributed by atoms with Gasteiger partial charge in [0.15, 0.2) is 0 Å². The number of rotatable bonds is 8. The zero-order valence-electron chi connectivity index (χ0n) is 15.6. The molecule has 25 heavy (non-hydrogen) atoms. The third-order valence-corrected chi connectivity index (χ3v) is 5.21. The molecule has 0 radical (unpaired) electrons. The fourth-order valence-electron chi connectivity index (χ4n) is 3.56. The summed E-state index contributed by atoms with van der Waals surface area (Å²) >= 11 is 0. The minimum absolute atomic E-state index is 0.0905. The lowest BCUT2D eigenvalue weighted by Gasteiger charge is -2.30. The van der Waals surface area contributed by atoms with Gasteiger partial charge in [0.2, 0.25) is 0 Å². The van der Waals surface area contributed by atoms with Gasteiger partial charge in [0, 0.05) is 31.7 Å². The van der Waals surface area contributed by atoms with Crippen LogP contribution >= 0.6 is 0 Å². The van der Waals surface area contributed by atoms with Crippen LogP contribution in [0.15, 0.2) is 24.3 Å². The largest absolute Gasteiger partial charge is 0.396 e. The first-order valence-corrected chi connectivity index (χ1v) is 9.61. The van der Waals surface area contributed by atoms with Crippen LogP contribution in [0.3, 0.4) is 0 Å². The highest BCUT2D eigenvalue weighted by Gasteiger charge is 2.25. The molecular formula is C20H33N3O2. The van der Waals surface area contributed by atoms with Crippen LogP contribution in [0, 0.1) is 5.92 Å². The molecule has 1 fully saturated rings. The highest BCUT2D eigenvalue weighted by molar-refractivity contribution is 5.74. The summed E-state index contributed by atoms with van der Waals surface area (Å²) < 4.78 is 0. The van der Waals surface area contributed by atoms with E-state index in [1.54, 1.807) is 0 Å². The zero-order valence-corrected chi connectivity index (χ0v) is 15.6. The molecule has 0 saturated heterocycles. The van der Waals surface area contributed by atoms with Crippen LogP contribution < -0.4 is 10.6 Å². The zero-order chi connectivity index (χ0) is 18.1. The number of hydrogen-bond donors (Lipinski definition) is 3. The SMILES string of the molecule is CCN(CC)Cc1cccc(CNC(=O)NC2CCCCC2CO)c1. The molecule has 0 heterocycles. The van der Waals surface area contributed by atoms with Crippen molar-refractivity contribution < 1.29 is 9.90 Å². The molecule has 1 aliphatic carbocycles. The Bertz CT molecular complexity index is 531. The molecule has 0 spiro atoms. The Balaban J connectivity index is 1.83. The molecule has 140 valence electrons. The standard InChI is InChI=1S/C20H33N3O2/c1-3-23(4-2)14-17-9-7-8-16(12-17)13-21-20(25)22-19-11-6-5-10-18(19)15-24/h7-9,12,18-19,24H,3-6,10-11,13-15H2,1-2H3,(H2,21,22,25). The van der Waals surface area contributed by atoms with Crippen molar-refractivity contribution in [2.75, 3.05) is 19.7 Å². The second kappa shape index (κ2) is 10.4. The lowest BCUT2D eigenvalue weighted by atomic mass is 9.85. The second-order valence-corrected chi connectivity index (χ2v) is 6.94. The molecule has 0 bridgehead atoms. The number of urea groups is 1. The summed E-state index contributed by atoms with van der Waals surface area (Å²) in [6.45, 7) is 8.03. The Kier molecular flexibility index (Phi) is 8.22. The van der Waals surface area contributed by atoms with Crippen LogP contribution in [0.25, 0.3) is 0 Å². The van der Waals surface area contributed by atoms with Crippen molar-refractivity contribution in [1.82, 2.24) is 15.5 Å². The first-order valence-electron chi connectivity index (χ1n) is 9.61. The molecule has 1 aromatic rings. The van der Waals surface area contributed by atoms with E-state index in [0.717, 1.165) is 50.9 Å². The van der Waals surface area contributed by atoms with Crippen LogP contribution in [-0.2, 0) is 13.1 Å². The fraction of sp³-hybridized carbons (Fsp3) is 0.650. The molecule has 0 aliphatic heterocycles. The van der Waals surface area contributed by atoms with Gasteiger partial charge in [-0.25, -0.2) is 4.79 Å². The normalized spacial score (nSPS) is 20.5. The predicted molar refractivity (Wildman–Crippen MR) is 101 cm³/mol. The molecule has 3 N–H and O–H groups in total. The Morgan fingerprint density at radius 3 is 2.64 bits per heavy atom. The van der Waals surface area contributed by atoms with Gasteiger partial charge in [0.25, 0.3) is 0 Å². The molecule has 2 atom stereocenters. The third kappa shape index (κ3) is 6.33. The van der Waals surface area contributed by atoms with Gasteiger partial charge in [-0.2, -0.15) is 0 Å². The van der Waals surface area contributed by atoms with Crippen LogP contribution in [0.2, 0.25) is 0 Å². The number of nitrogens with one attached hydrogen (secondary N) is 2. The van der Waals surface area contributed by atoms with E-state index < -0.39 is 0 Å². The summed E-state index contributed by atoms with van der Waals surface area (Å²) in [6.07, 6.45) is 4.21. The maximum absolute atomic E-state index is 12.2. The number of benzene rings is 1. The molecule has 1 aliphatic rings. The van der Waals surface area contributed by atoms with E-state index in [2.05, 4.69) is 47.6 Å². The number of aliphatic hydroxyl groups is 1. The van der Waals surface area contributed by atoms with Crippen molar-refractivity contribution in [3.8, 4) is 0 Å². The molecule has 0 aromatic heterocycles. The van der Waals surface area contributed by atoms with E-state index in [-0.39, 0.29) is 24.6 Å². The lowest BCUT2D eigenvalue weighted by molar-refractivity contribution is 0.153. The van der Waals surface area contributed by atoms with Crippen molar-refractivity contribution in [3.05, 3.63) is 35.4 Å². The average molecular weight is 348 g/mol. The molecule has 1 saturated carbocycles. The van der Waals surface area contributed by atoms with Gasteiger partial charge in [-0.3, -0.25) is 4.90 Å². The first kappa shape index (κ1) is 19.7. The van der Waals surface area contributed by atoms with Gasteiger partial charge in [-0.05, 0) is 37.1 Å². The van der Waals surface area contributed by atoms with Crippen LogP contribution in [0.5, 0.6) is 0 Å². The highest BCUT2D eigenvalue weighted by atomic mass is 16.3. The van der Waals surface area contributed by atoms with Gasteiger partial charge < -0.3 is 15.7 Å². The van der Waals surface area contributed by atoms with E-state index in [0.29, 0.717) is 6.54 Å². The lowest BCUT2D eigenvalue weighted by Crippen LogP contribution is -2.47. The molecule has 5 heteroatoms. The molecule has 5 nitrogen and oxygen atoms in total. The van der Waals surface area contributed by atoms with E-state index >= 15 is 0 Å². The highest BCUT2D eigenvalue weighted by Crippen LogP contribution is 2.23. The maximum atomic E-state index is 12.2. The average Bonchev–Trinajstić information content (AvgIpc) is 2.65. The summed E-state index contributed by atoms with van der Waals surface area (Å²) in [5.74, 6) is 0.192. The fourth-order valence-corrected chi connectivity index (χ4v) is 3.56. The Labute approximate surface area is 151 Å². The van der Waals surface area contributed by atoms with E-state index in [1.807, 2.05) is 6.07 Å². The van der Waals surface area contributed by atoms with Gasteiger partial charge in [0.05, 0.1) is 0 Å². The number of carbonyl (C=O) groups is 1. The van der Waals surface area contributed by atoms with Crippen molar-refractivity contribution in [2.24, 2.45) is 5.92 Å². The van der Waals surface area contributed by atoms with Crippen LogP contribution in [0.1, 0.15) is 50.7 Å². The summed E-state index contributed by atoms with van der Waals surface area (Å²) in [7, 11) is 0. The Morgan fingerprint density at radius 2 is 1.92 bits per heavy atom. The smallest absolute Gasteiger partial charge is 0.315 e. The molecule has 1 aromatic carbocycles. The van der Waals surface area contributed by atoms with Crippen LogP contribution in [0.4, 0.5) is 4.79 Å². The number of aliphatic hydroxyl groups excluding tert-OH is 1. The van der Waals surface area contributed by atoms with Crippen molar-refractivity contribution in [1.29, 1.82) is 0 Å². The number of hydrogen-bond acceptors (Lipinski definition) is 3. The minimum atomic E-state index is -0.139. The number of amides is 2. The van der Waals surface area contributed by atoms with Gasteiger partial charge in [-0.1, -0.05) is 51.0 Å². The Hall–Kier alpha value is -1.59. The van der Waals surface area contributed by atoms with Crippen molar-refractivity contribution in [2.45, 2.75) is 58.7 Å². The molecular weight excluding hydrogens is 314 g/mol. The maximum Gasteiger partial charge on any atom is 0.315 e. The molecule has 2 rings (SSSR count). The summed E-state index contributed by atoms with van der Waals surface area (Å²) in [6, 6.07) is 8.35. The molecule has 2 amide bonds. The van der Waals surface area contributed by atoms with Gasteiger partial charge in [-0.15, -0.1) is 0 Å². The second-order valence-electron chi connectivity index (χ2n) is 6.94. The summed E-state index contributed by atoms with van der Waals surface area (Å²) in [5.41, 5.74) is 2.39. The van der Waals surface area contributed by atoms with Crippen molar-refractivity contribution in [3.63, 3.8) is 0 Å². The first-order chi connectivity index (χ1) is 12.2. The van der Waals surface area contributed by atoms with E-state index in [1.165, 1.54) is 5.56 Å². The summed E-state index contributed by atoms with van der Waals surface area (Å²) in [4.78, 5) is 14.6. The van der Waals surface area contributed by atoms with Crippen molar-refractivity contribution >= 4 is 6.03 Å². The number of nitrogens with zero attached hydrogens (tertiary/aromatic N) is 1. The minimum Gasteiger partial charge on any atom is -0.396 e. The van der Waals surface area contributed by atoms with E-state index in [9.17, 15) is 9.90 Å². The predicted octanol–water partition coefficient (Wildman–Crippen LogP) is 2.88. The van der Waals surface area contributed by atoms with Crippen LogP contribution in [-0.4, -0.2) is 41.8 Å². The van der Waals surface area contributed by atoms with Gasteiger partial charge >= 0.3 is 6.03 Å². The third-order valence-electron chi connectivity index (χ3n) is 5.21. The topological polar surface area (TPSA) is 64.6 Å².